The van der Waals surface area contributed by atoms with E-state index in [1.807, 2.05) is 24.4 Å². The maximum Gasteiger partial charge on any atom is 0.0847 e. The molecule has 0 spiro atoms. The largest absolute Gasteiger partial charge is 0.390 e. The molecule has 2 aromatic rings. The first-order valence-electron chi connectivity index (χ1n) is 5.22. The zero-order valence-corrected chi connectivity index (χ0v) is 11.4. The number of pyridine rings is 1. The van der Waals surface area contributed by atoms with Crippen LogP contribution in [0.4, 0.5) is 5.69 Å². The molecule has 2 N–H and O–H groups in total. The Labute approximate surface area is 113 Å². The van der Waals surface area contributed by atoms with Crippen LogP contribution < -0.4 is 5.32 Å². The van der Waals surface area contributed by atoms with Crippen molar-refractivity contribution in [3.05, 3.63) is 35.1 Å². The minimum Gasteiger partial charge on any atom is -0.390 e. The number of halogens is 2. The minimum atomic E-state index is -0.544. The number of nitrogens with zero attached hydrogens (tertiary/aromatic N) is 1. The van der Waals surface area contributed by atoms with Gasteiger partial charge < -0.3 is 10.4 Å². The molecule has 1 atom stereocenters. The molecule has 17 heavy (non-hydrogen) atoms. The number of benzene rings is 1. The normalized spacial score (nSPS) is 12.6. The van der Waals surface area contributed by atoms with Crippen LogP contribution in [-0.4, -0.2) is 28.6 Å². The van der Waals surface area contributed by atoms with E-state index in [1.165, 1.54) is 0 Å². The summed E-state index contributed by atoms with van der Waals surface area (Å²) in [5.41, 5.74) is 0.967. The molecule has 1 aromatic heterocycles. The molecule has 3 nitrogen and oxygen atoms in total. The van der Waals surface area contributed by atoms with E-state index in [-0.39, 0.29) is 5.88 Å². The predicted molar refractivity (Wildman–Crippen MR) is 74.7 cm³/mol. The number of aromatic nitrogens is 1. The number of nitrogens with one attached hydrogen (secondary N) is 1. The van der Waals surface area contributed by atoms with Gasteiger partial charge in [-0.25, -0.2) is 0 Å². The van der Waals surface area contributed by atoms with Gasteiger partial charge in [0.1, 0.15) is 0 Å². The molecule has 90 valence electrons. The summed E-state index contributed by atoms with van der Waals surface area (Å²) in [6, 6.07) is 5.86. The van der Waals surface area contributed by atoms with Crippen molar-refractivity contribution in [1.82, 2.24) is 4.98 Å². The van der Waals surface area contributed by atoms with Crippen LogP contribution in [0.1, 0.15) is 0 Å². The quantitative estimate of drug-likeness (QED) is 0.853. The highest BCUT2D eigenvalue weighted by molar-refractivity contribution is 9.10. The average Bonchev–Trinajstić information content (AvgIpc) is 2.38. The second-order valence-electron chi connectivity index (χ2n) is 3.71. The molecule has 0 aliphatic carbocycles. The summed E-state index contributed by atoms with van der Waals surface area (Å²) in [5.74, 6) is 0.225. The molecule has 1 unspecified atom stereocenters. The number of alkyl halides is 1. The van der Waals surface area contributed by atoms with Crippen molar-refractivity contribution < 1.29 is 5.11 Å². The van der Waals surface area contributed by atoms with Crippen molar-refractivity contribution in [2.75, 3.05) is 17.7 Å². The highest BCUT2D eigenvalue weighted by atomic mass is 79.9. The van der Waals surface area contributed by atoms with Gasteiger partial charge in [0.2, 0.25) is 0 Å². The first-order valence-corrected chi connectivity index (χ1v) is 6.55. The van der Waals surface area contributed by atoms with Crippen LogP contribution in [0.15, 0.2) is 35.1 Å². The molecule has 1 heterocycles. The molecule has 0 amide bonds. The van der Waals surface area contributed by atoms with Gasteiger partial charge in [0.05, 0.1) is 12.0 Å². The molecule has 0 saturated carbocycles. The Morgan fingerprint density at radius 2 is 2.18 bits per heavy atom. The first kappa shape index (κ1) is 12.6. The topological polar surface area (TPSA) is 45.1 Å². The number of aliphatic hydroxyl groups excluding tert-OH is 1. The molecule has 2 rings (SSSR count). The van der Waals surface area contributed by atoms with Crippen molar-refractivity contribution in [1.29, 1.82) is 0 Å². The van der Waals surface area contributed by atoms with Gasteiger partial charge in [-0.05, 0) is 18.2 Å². The molecule has 0 radical (unpaired) electrons. The van der Waals surface area contributed by atoms with Crippen molar-refractivity contribution in [3.8, 4) is 0 Å². The summed E-state index contributed by atoms with van der Waals surface area (Å²) >= 11 is 9.04. The minimum absolute atomic E-state index is 0.225. The molecule has 0 aliphatic heterocycles. The van der Waals surface area contributed by atoms with Gasteiger partial charge >= 0.3 is 0 Å². The van der Waals surface area contributed by atoms with E-state index in [1.54, 1.807) is 6.20 Å². The van der Waals surface area contributed by atoms with Crippen LogP contribution >= 0.6 is 27.5 Å². The van der Waals surface area contributed by atoms with Crippen molar-refractivity contribution in [3.63, 3.8) is 0 Å². The van der Waals surface area contributed by atoms with Gasteiger partial charge in [0, 0.05) is 39.9 Å². The van der Waals surface area contributed by atoms with E-state index in [0.29, 0.717) is 6.54 Å². The number of hydrogen-bond acceptors (Lipinski definition) is 3. The number of hydrogen-bond donors (Lipinski definition) is 2. The Morgan fingerprint density at radius 1 is 1.35 bits per heavy atom. The second kappa shape index (κ2) is 5.67. The Balaban J connectivity index is 2.32. The van der Waals surface area contributed by atoms with E-state index in [9.17, 15) is 5.11 Å². The molecular weight excluding hydrogens is 304 g/mol. The van der Waals surface area contributed by atoms with E-state index in [0.717, 1.165) is 20.9 Å². The highest BCUT2D eigenvalue weighted by Crippen LogP contribution is 2.29. The van der Waals surface area contributed by atoms with Crippen molar-refractivity contribution in [2.24, 2.45) is 0 Å². The van der Waals surface area contributed by atoms with Crippen LogP contribution in [0, 0.1) is 0 Å². The van der Waals surface area contributed by atoms with Crippen molar-refractivity contribution in [2.45, 2.75) is 6.10 Å². The molecule has 1 aromatic carbocycles. The zero-order chi connectivity index (χ0) is 12.3. The fourth-order valence-corrected chi connectivity index (χ4v) is 2.15. The van der Waals surface area contributed by atoms with Gasteiger partial charge in [-0.3, -0.25) is 4.98 Å². The molecule has 5 heteroatoms. The molecule has 0 aliphatic rings. The fraction of sp³-hybridized carbons (Fsp3) is 0.250. The Hall–Kier alpha value is -0.840. The summed E-state index contributed by atoms with van der Waals surface area (Å²) in [5, 5.41) is 14.7. The van der Waals surface area contributed by atoms with Crippen LogP contribution in [0.5, 0.6) is 0 Å². The van der Waals surface area contributed by atoms with Crippen LogP contribution in [-0.2, 0) is 0 Å². The summed E-state index contributed by atoms with van der Waals surface area (Å²) in [7, 11) is 0. The zero-order valence-electron chi connectivity index (χ0n) is 9.03. The summed E-state index contributed by atoms with van der Waals surface area (Å²) in [4.78, 5) is 4.10. The van der Waals surface area contributed by atoms with Gasteiger partial charge in [-0.1, -0.05) is 15.9 Å². The SMILES string of the molecule is OC(CCl)CNc1ccc(Br)c2cnccc12. The lowest BCUT2D eigenvalue weighted by Gasteiger charge is -2.12. The molecule has 0 saturated heterocycles. The third kappa shape index (κ3) is 2.89. The van der Waals surface area contributed by atoms with E-state index >= 15 is 0 Å². The maximum absolute atomic E-state index is 9.43. The van der Waals surface area contributed by atoms with Crippen LogP contribution in [0.25, 0.3) is 10.8 Å². The lowest BCUT2D eigenvalue weighted by atomic mass is 10.1. The van der Waals surface area contributed by atoms with Gasteiger partial charge in [0.15, 0.2) is 0 Å². The lowest BCUT2D eigenvalue weighted by Crippen LogP contribution is -2.20. The smallest absolute Gasteiger partial charge is 0.0847 e. The maximum atomic E-state index is 9.43. The Bertz CT molecular complexity index is 521. The summed E-state index contributed by atoms with van der Waals surface area (Å²) in [6.07, 6.45) is 3.01. The predicted octanol–water partition coefficient (Wildman–Crippen LogP) is 3.01. The lowest BCUT2D eigenvalue weighted by molar-refractivity contribution is 0.211. The monoisotopic (exact) mass is 314 g/mol. The third-order valence-electron chi connectivity index (χ3n) is 2.47. The number of anilines is 1. The molecular formula is C12H12BrClN2O. The third-order valence-corrected chi connectivity index (χ3v) is 3.52. The molecule has 0 bridgehead atoms. The number of rotatable bonds is 4. The Morgan fingerprint density at radius 3 is 2.94 bits per heavy atom. The van der Waals surface area contributed by atoms with Crippen molar-refractivity contribution >= 4 is 44.0 Å². The Kier molecular flexibility index (Phi) is 4.20. The van der Waals surface area contributed by atoms with E-state index in [4.69, 9.17) is 11.6 Å². The standard InChI is InChI=1S/C12H12BrClN2O/c13-11-1-2-12(16-6-8(17)5-14)9-3-4-15-7-10(9)11/h1-4,7-8,16-17H,5-6H2. The average molecular weight is 316 g/mol. The van der Waals surface area contributed by atoms with Crippen LogP contribution in [0.3, 0.4) is 0 Å². The number of fused-ring (bicyclic) bond motifs is 1. The van der Waals surface area contributed by atoms with E-state index in [2.05, 4.69) is 26.2 Å². The second-order valence-corrected chi connectivity index (χ2v) is 4.87. The van der Waals surface area contributed by atoms with E-state index < -0.39 is 6.10 Å². The molecule has 0 fully saturated rings. The van der Waals surface area contributed by atoms with Gasteiger partial charge in [0.25, 0.3) is 0 Å². The highest BCUT2D eigenvalue weighted by Gasteiger charge is 2.06. The number of aliphatic hydroxyl groups is 1. The summed E-state index contributed by atoms with van der Waals surface area (Å²) in [6.45, 7) is 0.433. The van der Waals surface area contributed by atoms with Crippen LogP contribution in [0.2, 0.25) is 0 Å². The fourth-order valence-electron chi connectivity index (χ4n) is 1.59. The summed E-state index contributed by atoms with van der Waals surface area (Å²) < 4.78 is 1.00. The van der Waals surface area contributed by atoms with Gasteiger partial charge in [-0.2, -0.15) is 0 Å². The first-order chi connectivity index (χ1) is 8.22. The van der Waals surface area contributed by atoms with Gasteiger partial charge in [-0.15, -0.1) is 11.6 Å².